The summed E-state index contributed by atoms with van der Waals surface area (Å²) in [4.78, 5) is 10.8. The molecule has 3 heterocycles. The predicted molar refractivity (Wildman–Crippen MR) is 118 cm³/mol. The molecule has 0 aliphatic carbocycles. The van der Waals surface area contributed by atoms with Crippen LogP contribution in [0.2, 0.25) is 0 Å². The second-order valence-corrected chi connectivity index (χ2v) is 8.39. The van der Waals surface area contributed by atoms with Crippen LogP contribution in [0.1, 0.15) is 18.3 Å². The van der Waals surface area contributed by atoms with Crippen molar-refractivity contribution in [3.05, 3.63) is 90.4 Å². The number of halogens is 2. The second-order valence-electron chi connectivity index (χ2n) is 8.39. The van der Waals surface area contributed by atoms with Crippen LogP contribution in [0.15, 0.2) is 67.4 Å². The molecule has 4 aromatic rings. The summed E-state index contributed by atoms with van der Waals surface area (Å²) in [6.45, 7) is 3.62. The molecule has 1 N–H and O–H groups in total. The van der Waals surface area contributed by atoms with Gasteiger partial charge in [0.05, 0.1) is 18.8 Å². The largest absolute Gasteiger partial charge is 0.381 e. The number of aromatic nitrogens is 5. The molecule has 0 radical (unpaired) electrons. The van der Waals surface area contributed by atoms with E-state index in [0.717, 1.165) is 29.2 Å². The Bertz CT molecular complexity index is 1240. The van der Waals surface area contributed by atoms with E-state index < -0.39 is 23.3 Å². The maximum Gasteiger partial charge on any atom is 0.137 e. The maximum absolute atomic E-state index is 14.9. The highest BCUT2D eigenvalue weighted by molar-refractivity contribution is 5.58. The number of rotatable bonds is 6. The SMILES string of the molecule is C[C@@H](N1CCn2cc(-c3ccccc3)nc2C1)[C@](O)(Cn1cncn1)c1ccc(F)cc1F. The Morgan fingerprint density at radius 3 is 2.67 bits per heavy atom. The van der Waals surface area contributed by atoms with E-state index in [0.29, 0.717) is 19.6 Å². The Labute approximate surface area is 190 Å². The highest BCUT2D eigenvalue weighted by Crippen LogP contribution is 2.34. The van der Waals surface area contributed by atoms with E-state index in [1.54, 1.807) is 0 Å². The van der Waals surface area contributed by atoms with Gasteiger partial charge in [-0.2, -0.15) is 5.10 Å². The summed E-state index contributed by atoms with van der Waals surface area (Å²) in [5.74, 6) is -0.621. The molecule has 33 heavy (non-hydrogen) atoms. The van der Waals surface area contributed by atoms with Gasteiger partial charge in [-0.3, -0.25) is 4.90 Å². The number of aliphatic hydroxyl groups is 1. The molecular weight excluding hydrogens is 426 g/mol. The van der Waals surface area contributed by atoms with Gasteiger partial charge >= 0.3 is 0 Å². The first-order valence-electron chi connectivity index (χ1n) is 10.8. The predicted octanol–water partition coefficient (Wildman–Crippen LogP) is 3.21. The van der Waals surface area contributed by atoms with Gasteiger partial charge in [-0.05, 0) is 13.0 Å². The minimum Gasteiger partial charge on any atom is -0.381 e. The van der Waals surface area contributed by atoms with Gasteiger partial charge in [-0.25, -0.2) is 23.4 Å². The van der Waals surface area contributed by atoms with Gasteiger partial charge in [0.2, 0.25) is 0 Å². The maximum atomic E-state index is 14.9. The molecule has 9 heteroatoms. The van der Waals surface area contributed by atoms with Crippen LogP contribution >= 0.6 is 0 Å². The molecule has 170 valence electrons. The van der Waals surface area contributed by atoms with Crippen molar-refractivity contribution < 1.29 is 13.9 Å². The summed E-state index contributed by atoms with van der Waals surface area (Å²) in [7, 11) is 0. The fraction of sp³-hybridized carbons (Fsp3) is 0.292. The summed E-state index contributed by atoms with van der Waals surface area (Å²) >= 11 is 0. The summed E-state index contributed by atoms with van der Waals surface area (Å²) < 4.78 is 32.0. The van der Waals surface area contributed by atoms with Crippen LogP contribution in [0.3, 0.4) is 0 Å². The van der Waals surface area contributed by atoms with E-state index in [9.17, 15) is 13.9 Å². The van der Waals surface area contributed by atoms with E-state index in [2.05, 4.69) is 19.5 Å². The molecule has 0 spiro atoms. The van der Waals surface area contributed by atoms with Crippen LogP contribution in [-0.4, -0.2) is 46.9 Å². The summed E-state index contributed by atoms with van der Waals surface area (Å²) in [5.41, 5.74) is 0.270. The molecule has 2 atom stereocenters. The normalized spacial score (nSPS) is 16.8. The van der Waals surface area contributed by atoms with Crippen LogP contribution in [0.4, 0.5) is 8.78 Å². The molecule has 5 rings (SSSR count). The van der Waals surface area contributed by atoms with E-state index in [4.69, 9.17) is 4.98 Å². The van der Waals surface area contributed by atoms with Crippen LogP contribution in [0.25, 0.3) is 11.3 Å². The third kappa shape index (κ3) is 4.05. The quantitative estimate of drug-likeness (QED) is 0.489. The number of hydrogen-bond acceptors (Lipinski definition) is 5. The van der Waals surface area contributed by atoms with E-state index in [1.165, 1.54) is 23.4 Å². The topological polar surface area (TPSA) is 72.0 Å². The minimum absolute atomic E-state index is 0.0192. The highest BCUT2D eigenvalue weighted by Gasteiger charge is 2.43. The molecule has 7 nitrogen and oxygen atoms in total. The van der Waals surface area contributed by atoms with Gasteiger partial charge in [-0.1, -0.05) is 36.4 Å². The zero-order chi connectivity index (χ0) is 23.0. The molecule has 0 fully saturated rings. The van der Waals surface area contributed by atoms with Gasteiger partial charge in [-0.15, -0.1) is 0 Å². The summed E-state index contributed by atoms with van der Waals surface area (Å²) in [5, 5.41) is 15.9. The lowest BCUT2D eigenvalue weighted by molar-refractivity contribution is -0.0709. The Hall–Kier alpha value is -3.43. The van der Waals surface area contributed by atoms with Crippen LogP contribution < -0.4 is 0 Å². The molecule has 0 saturated heterocycles. The average Bonchev–Trinajstić information content (AvgIpc) is 3.48. The van der Waals surface area contributed by atoms with Crippen molar-refractivity contribution in [2.45, 2.75) is 38.2 Å². The van der Waals surface area contributed by atoms with Crippen molar-refractivity contribution >= 4 is 0 Å². The smallest absolute Gasteiger partial charge is 0.137 e. The Kier molecular flexibility index (Phi) is 5.51. The molecule has 0 bridgehead atoms. The number of fused-ring (bicyclic) bond motifs is 1. The van der Waals surface area contributed by atoms with Crippen molar-refractivity contribution in [3.63, 3.8) is 0 Å². The molecule has 0 saturated carbocycles. The standard InChI is InChI=1S/C24H24F2N6O/c1-17(24(33,14-32-16-27-15-28-32)20-8-7-19(25)11-21(20)26)30-9-10-31-12-22(29-23(31)13-30)18-5-3-2-4-6-18/h2-8,11-12,15-17,33H,9-10,13-14H2,1H3/t17-,24-/m1/s1. The lowest BCUT2D eigenvalue weighted by Gasteiger charge is -2.42. The number of hydrogen-bond donors (Lipinski definition) is 1. The highest BCUT2D eigenvalue weighted by atomic mass is 19.1. The Morgan fingerprint density at radius 1 is 1.12 bits per heavy atom. The fourth-order valence-electron chi connectivity index (χ4n) is 4.50. The van der Waals surface area contributed by atoms with Crippen molar-refractivity contribution in [1.29, 1.82) is 0 Å². The van der Waals surface area contributed by atoms with Gasteiger partial charge in [0.15, 0.2) is 0 Å². The lowest BCUT2D eigenvalue weighted by Crippen LogP contribution is -2.53. The van der Waals surface area contributed by atoms with Gasteiger partial charge in [0.1, 0.15) is 35.7 Å². The van der Waals surface area contributed by atoms with Crippen molar-refractivity contribution in [1.82, 2.24) is 29.2 Å². The van der Waals surface area contributed by atoms with E-state index in [-0.39, 0.29) is 12.1 Å². The average molecular weight is 450 g/mol. The molecule has 0 unspecified atom stereocenters. The molecule has 2 aromatic heterocycles. The van der Waals surface area contributed by atoms with E-state index in [1.807, 2.05) is 43.5 Å². The van der Waals surface area contributed by atoms with Gasteiger partial charge in [0, 0.05) is 42.5 Å². The second kappa shape index (κ2) is 8.49. The molecule has 1 aliphatic rings. The Balaban J connectivity index is 1.46. The number of imidazole rings is 1. The zero-order valence-corrected chi connectivity index (χ0v) is 18.1. The monoisotopic (exact) mass is 450 g/mol. The first-order valence-corrected chi connectivity index (χ1v) is 10.8. The lowest BCUT2D eigenvalue weighted by atomic mass is 9.85. The van der Waals surface area contributed by atoms with Crippen LogP contribution in [0.5, 0.6) is 0 Å². The number of nitrogens with zero attached hydrogens (tertiary/aromatic N) is 6. The van der Waals surface area contributed by atoms with Crippen molar-refractivity contribution in [2.24, 2.45) is 0 Å². The summed E-state index contributed by atoms with van der Waals surface area (Å²) in [6, 6.07) is 12.7. The zero-order valence-electron chi connectivity index (χ0n) is 18.1. The van der Waals surface area contributed by atoms with Gasteiger partial charge in [0.25, 0.3) is 0 Å². The third-order valence-electron chi connectivity index (χ3n) is 6.41. The Morgan fingerprint density at radius 2 is 1.94 bits per heavy atom. The summed E-state index contributed by atoms with van der Waals surface area (Å²) in [6.07, 6.45) is 4.86. The van der Waals surface area contributed by atoms with Crippen molar-refractivity contribution in [3.8, 4) is 11.3 Å². The number of benzene rings is 2. The first kappa shape index (κ1) is 21.4. The van der Waals surface area contributed by atoms with Crippen molar-refractivity contribution in [2.75, 3.05) is 6.54 Å². The molecule has 1 aliphatic heterocycles. The molecule has 0 amide bonds. The third-order valence-corrected chi connectivity index (χ3v) is 6.41. The van der Waals surface area contributed by atoms with Crippen LogP contribution in [-0.2, 0) is 25.2 Å². The fourth-order valence-corrected chi connectivity index (χ4v) is 4.50. The van der Waals surface area contributed by atoms with Crippen LogP contribution in [0, 0.1) is 11.6 Å². The molecule has 2 aromatic carbocycles. The minimum atomic E-state index is -1.68. The van der Waals surface area contributed by atoms with E-state index >= 15 is 0 Å². The van der Waals surface area contributed by atoms with Gasteiger partial charge < -0.3 is 9.67 Å². The first-order chi connectivity index (χ1) is 15.9. The molecular formula is C24H24F2N6O.